The van der Waals surface area contributed by atoms with E-state index >= 15 is 0 Å². The van der Waals surface area contributed by atoms with Gasteiger partial charge in [0.15, 0.2) is 5.13 Å². The molecule has 0 atom stereocenters. The van der Waals surface area contributed by atoms with E-state index in [2.05, 4.69) is 36.9 Å². The molecule has 166 valence electrons. The van der Waals surface area contributed by atoms with Gasteiger partial charge in [-0.15, -0.1) is 0 Å². The predicted molar refractivity (Wildman–Crippen MR) is 137 cm³/mol. The molecule has 0 radical (unpaired) electrons. The number of benzene rings is 3. The summed E-state index contributed by atoms with van der Waals surface area (Å²) in [5, 5.41) is 3.71. The minimum Gasteiger partial charge on any atom is -0.302 e. The third kappa shape index (κ3) is 4.80. The lowest BCUT2D eigenvalue weighted by Crippen LogP contribution is -2.39. The minimum atomic E-state index is 0.0660. The van der Waals surface area contributed by atoms with Gasteiger partial charge in [-0.05, 0) is 54.0 Å². The minimum absolute atomic E-state index is 0.0660. The number of anilines is 1. The van der Waals surface area contributed by atoms with Crippen molar-refractivity contribution in [3.05, 3.63) is 70.7 Å². The summed E-state index contributed by atoms with van der Waals surface area (Å²) >= 11 is 7.80. The predicted octanol–water partition coefficient (Wildman–Crippen LogP) is 6.33. The van der Waals surface area contributed by atoms with Crippen LogP contribution in [-0.4, -0.2) is 42.0 Å². The number of rotatable bonds is 8. The fraction of sp³-hybridized carbons (Fsp3) is 0.308. The third-order valence-electron chi connectivity index (χ3n) is 5.93. The van der Waals surface area contributed by atoms with Crippen molar-refractivity contribution in [3.8, 4) is 0 Å². The van der Waals surface area contributed by atoms with E-state index < -0.39 is 0 Å². The van der Waals surface area contributed by atoms with Crippen LogP contribution in [0.2, 0.25) is 5.02 Å². The number of halogens is 1. The second-order valence-electron chi connectivity index (χ2n) is 7.95. The van der Waals surface area contributed by atoms with Gasteiger partial charge < -0.3 is 4.90 Å². The zero-order valence-corrected chi connectivity index (χ0v) is 20.3. The Kier molecular flexibility index (Phi) is 7.09. The van der Waals surface area contributed by atoms with E-state index in [1.165, 1.54) is 11.3 Å². The first-order valence-corrected chi connectivity index (χ1v) is 12.3. The molecule has 0 fully saturated rings. The van der Waals surface area contributed by atoms with Crippen molar-refractivity contribution in [1.82, 2.24) is 9.88 Å². The van der Waals surface area contributed by atoms with Crippen molar-refractivity contribution in [3.63, 3.8) is 0 Å². The van der Waals surface area contributed by atoms with Crippen molar-refractivity contribution in [2.45, 2.75) is 27.2 Å². The van der Waals surface area contributed by atoms with Gasteiger partial charge in [0.1, 0.15) is 0 Å². The van der Waals surface area contributed by atoms with E-state index in [0.29, 0.717) is 18.0 Å². The number of hydrogen-bond acceptors (Lipinski definition) is 4. The third-order valence-corrected chi connectivity index (χ3v) is 7.17. The summed E-state index contributed by atoms with van der Waals surface area (Å²) in [6.07, 6.45) is 0.343. The van der Waals surface area contributed by atoms with E-state index in [-0.39, 0.29) is 5.91 Å². The van der Waals surface area contributed by atoms with Crippen molar-refractivity contribution in [1.29, 1.82) is 0 Å². The Bertz CT molecular complexity index is 1240. The Morgan fingerprint density at radius 1 is 1.03 bits per heavy atom. The summed E-state index contributed by atoms with van der Waals surface area (Å²) < 4.78 is 1.01. The quantitative estimate of drug-likeness (QED) is 0.305. The first-order chi connectivity index (χ1) is 15.5. The van der Waals surface area contributed by atoms with E-state index in [1.807, 2.05) is 48.2 Å². The van der Waals surface area contributed by atoms with Crippen LogP contribution in [-0.2, 0) is 11.2 Å². The van der Waals surface area contributed by atoms with Crippen LogP contribution in [0.5, 0.6) is 0 Å². The highest BCUT2D eigenvalue weighted by molar-refractivity contribution is 7.22. The number of nitrogens with zero attached hydrogens (tertiary/aromatic N) is 3. The molecule has 6 heteroatoms. The van der Waals surface area contributed by atoms with E-state index in [1.54, 1.807) is 0 Å². The molecule has 0 unspecified atom stereocenters. The van der Waals surface area contributed by atoms with Crippen LogP contribution in [0.1, 0.15) is 25.0 Å². The lowest BCUT2D eigenvalue weighted by Gasteiger charge is -2.25. The molecular formula is C26H28ClN3OS. The topological polar surface area (TPSA) is 36.4 Å². The van der Waals surface area contributed by atoms with Gasteiger partial charge in [0.25, 0.3) is 0 Å². The largest absolute Gasteiger partial charge is 0.302 e. The highest BCUT2D eigenvalue weighted by atomic mass is 35.5. The maximum absolute atomic E-state index is 13.6. The number of likely N-dealkylation sites (N-methyl/N-ethyl adjacent to an activating group) is 1. The number of amides is 1. The van der Waals surface area contributed by atoms with Gasteiger partial charge in [-0.25, -0.2) is 4.98 Å². The number of fused-ring (bicyclic) bond motifs is 2. The highest BCUT2D eigenvalue weighted by Gasteiger charge is 2.22. The lowest BCUT2D eigenvalue weighted by atomic mass is 10.0. The molecule has 0 N–H and O–H groups in total. The zero-order chi connectivity index (χ0) is 22.7. The second-order valence-corrected chi connectivity index (χ2v) is 9.40. The molecule has 0 saturated heterocycles. The first kappa shape index (κ1) is 22.7. The molecule has 0 aliphatic heterocycles. The molecule has 0 aliphatic carbocycles. The Morgan fingerprint density at radius 2 is 1.78 bits per heavy atom. The molecule has 0 bridgehead atoms. The van der Waals surface area contributed by atoms with Crippen LogP contribution in [0.15, 0.2) is 54.6 Å². The van der Waals surface area contributed by atoms with Crippen molar-refractivity contribution in [2.75, 3.05) is 31.1 Å². The molecule has 32 heavy (non-hydrogen) atoms. The normalized spacial score (nSPS) is 11.5. The number of aryl methyl sites for hydroxylation is 1. The fourth-order valence-corrected chi connectivity index (χ4v) is 5.53. The van der Waals surface area contributed by atoms with Crippen molar-refractivity contribution >= 4 is 55.0 Å². The standard InChI is InChI=1S/C26H28ClN3OS/c1-4-29(5-2)13-14-30(26-28-25-18(3)15-21(27)17-23(25)32-26)24(31)16-20-11-8-10-19-9-6-7-12-22(19)20/h6-12,15,17H,4-5,13-14,16H2,1-3H3. The molecule has 0 saturated carbocycles. The SMILES string of the molecule is CCN(CC)CCN(C(=O)Cc1cccc2ccccc12)c1nc2c(C)cc(Cl)cc2s1. The molecular weight excluding hydrogens is 438 g/mol. The van der Waals surface area contributed by atoms with Gasteiger partial charge in [-0.3, -0.25) is 9.69 Å². The maximum Gasteiger partial charge on any atom is 0.233 e. The van der Waals surface area contributed by atoms with Gasteiger partial charge in [0.2, 0.25) is 5.91 Å². The molecule has 4 nitrogen and oxygen atoms in total. The Labute approximate surface area is 198 Å². The number of carbonyl (C=O) groups is 1. The van der Waals surface area contributed by atoms with Crippen LogP contribution >= 0.6 is 22.9 Å². The highest BCUT2D eigenvalue weighted by Crippen LogP contribution is 2.33. The number of thiazole rings is 1. The summed E-state index contributed by atoms with van der Waals surface area (Å²) in [4.78, 5) is 22.7. The van der Waals surface area contributed by atoms with E-state index in [9.17, 15) is 4.79 Å². The number of carbonyl (C=O) groups excluding carboxylic acids is 1. The monoisotopic (exact) mass is 465 g/mol. The van der Waals surface area contributed by atoms with Gasteiger partial charge in [0.05, 0.1) is 16.6 Å². The average Bonchev–Trinajstić information content (AvgIpc) is 3.21. The Morgan fingerprint density at radius 3 is 2.56 bits per heavy atom. The summed E-state index contributed by atoms with van der Waals surface area (Å²) in [6.45, 7) is 9.63. The van der Waals surface area contributed by atoms with Crippen LogP contribution in [0.25, 0.3) is 21.0 Å². The van der Waals surface area contributed by atoms with Gasteiger partial charge in [-0.1, -0.05) is 79.2 Å². The van der Waals surface area contributed by atoms with E-state index in [4.69, 9.17) is 16.6 Å². The van der Waals surface area contributed by atoms with Gasteiger partial charge in [0, 0.05) is 18.1 Å². The Hall–Kier alpha value is -2.47. The fourth-order valence-electron chi connectivity index (χ4n) is 4.07. The molecule has 1 aromatic heterocycles. The van der Waals surface area contributed by atoms with Crippen LogP contribution in [0.4, 0.5) is 5.13 Å². The van der Waals surface area contributed by atoms with Crippen LogP contribution in [0, 0.1) is 6.92 Å². The summed E-state index contributed by atoms with van der Waals surface area (Å²) in [7, 11) is 0. The summed E-state index contributed by atoms with van der Waals surface area (Å²) in [6, 6.07) is 18.2. The summed E-state index contributed by atoms with van der Waals surface area (Å²) in [5.41, 5.74) is 2.99. The number of hydrogen-bond donors (Lipinski definition) is 0. The molecule has 1 heterocycles. The molecule has 4 aromatic rings. The molecule has 4 rings (SSSR count). The average molecular weight is 466 g/mol. The molecule has 1 amide bonds. The van der Waals surface area contributed by atoms with Gasteiger partial charge >= 0.3 is 0 Å². The number of aromatic nitrogens is 1. The molecule has 3 aromatic carbocycles. The zero-order valence-electron chi connectivity index (χ0n) is 18.8. The first-order valence-electron chi connectivity index (χ1n) is 11.1. The maximum atomic E-state index is 13.6. The van der Waals surface area contributed by atoms with Gasteiger partial charge in [-0.2, -0.15) is 0 Å². The van der Waals surface area contributed by atoms with Crippen molar-refractivity contribution in [2.24, 2.45) is 0 Å². The van der Waals surface area contributed by atoms with Crippen LogP contribution in [0.3, 0.4) is 0 Å². The van der Waals surface area contributed by atoms with Crippen molar-refractivity contribution < 1.29 is 4.79 Å². The van der Waals surface area contributed by atoms with E-state index in [0.717, 1.165) is 56.9 Å². The smallest absolute Gasteiger partial charge is 0.233 e. The second kappa shape index (κ2) is 9.99. The lowest BCUT2D eigenvalue weighted by molar-refractivity contribution is -0.118. The van der Waals surface area contributed by atoms with Crippen LogP contribution < -0.4 is 4.90 Å². The summed E-state index contributed by atoms with van der Waals surface area (Å²) in [5.74, 6) is 0.0660. The molecule has 0 spiro atoms. The Balaban J connectivity index is 1.68. The molecule has 0 aliphatic rings.